The van der Waals surface area contributed by atoms with Gasteiger partial charge in [0.2, 0.25) is 0 Å². The fraction of sp³-hybridized carbons (Fsp3) is 0.250. The Balaban J connectivity index is 3.73. The minimum atomic E-state index is -0.336. The Hall–Kier alpha value is -1.29. The Morgan fingerprint density at radius 1 is 1.64 bits per heavy atom. The Labute approximate surface area is 89.0 Å². The second-order valence-electron chi connectivity index (χ2n) is 2.15. The maximum absolute atomic E-state index is 11.1. The molecule has 0 radical (unpaired) electrons. The van der Waals surface area contributed by atoms with E-state index in [4.69, 9.17) is 0 Å². The first kappa shape index (κ1) is 12.7. The van der Waals surface area contributed by atoms with Crippen LogP contribution in [0.4, 0.5) is 0 Å². The summed E-state index contributed by atoms with van der Waals surface area (Å²) in [5.74, 6) is -0.336. The van der Waals surface area contributed by atoms with Crippen molar-refractivity contribution >= 4 is 10.9 Å². The van der Waals surface area contributed by atoms with Crippen molar-refractivity contribution in [2.24, 2.45) is 5.34 Å². The van der Waals surface area contributed by atoms with Crippen LogP contribution in [0.1, 0.15) is 0 Å². The summed E-state index contributed by atoms with van der Waals surface area (Å²) in [5.41, 5.74) is 0.289. The van der Waals surface area contributed by atoms with E-state index in [1.165, 1.54) is 11.1 Å². The van der Waals surface area contributed by atoms with Crippen molar-refractivity contribution in [1.82, 2.24) is 5.32 Å². The Morgan fingerprint density at radius 3 is 2.93 bits per heavy atom. The van der Waals surface area contributed by atoms with Crippen LogP contribution >= 0.6 is 0 Å². The molecule has 0 saturated carbocycles. The molecule has 0 fully saturated rings. The normalized spacial score (nSPS) is 9.57. The predicted molar refractivity (Wildman–Crippen MR) is 49.1 cm³/mol. The van der Waals surface area contributed by atoms with Crippen molar-refractivity contribution in [1.29, 1.82) is 0 Å². The quantitative estimate of drug-likeness (QED) is 0.173. The number of allylic oxidation sites excluding steroid dienone is 1. The summed E-state index contributed by atoms with van der Waals surface area (Å²) in [4.78, 5) is 26.2. The SMILES string of the molecule is C=C(/C=C\[CH]=[Ni])C(=O)NCCON=O. The van der Waals surface area contributed by atoms with Crippen molar-refractivity contribution in [3.05, 3.63) is 29.2 Å². The van der Waals surface area contributed by atoms with Gasteiger partial charge in [0.15, 0.2) is 0 Å². The molecular weight excluding hydrogens is 231 g/mol. The molecule has 80 valence electrons. The molecule has 0 spiro atoms. The first-order chi connectivity index (χ1) is 6.72. The van der Waals surface area contributed by atoms with Crippen LogP contribution in [0.5, 0.6) is 0 Å². The molecule has 5 nitrogen and oxygen atoms in total. The summed E-state index contributed by atoms with van der Waals surface area (Å²) in [6.07, 6.45) is 3.04. The molecule has 0 bridgehead atoms. The molecule has 0 heterocycles. The fourth-order valence-electron chi connectivity index (χ4n) is 0.583. The van der Waals surface area contributed by atoms with Crippen LogP contribution in [0.3, 0.4) is 0 Å². The molecular formula is C8H10N2NiO3. The van der Waals surface area contributed by atoms with Crippen molar-refractivity contribution in [2.45, 2.75) is 0 Å². The van der Waals surface area contributed by atoms with Gasteiger partial charge >= 0.3 is 88.6 Å². The average molecular weight is 241 g/mol. The van der Waals surface area contributed by atoms with Crippen molar-refractivity contribution in [2.75, 3.05) is 13.2 Å². The van der Waals surface area contributed by atoms with Crippen LogP contribution in [0, 0.1) is 4.91 Å². The van der Waals surface area contributed by atoms with Gasteiger partial charge in [0.25, 0.3) is 0 Å². The van der Waals surface area contributed by atoms with Crippen LogP contribution in [0.2, 0.25) is 0 Å². The molecule has 0 saturated heterocycles. The first-order valence-corrected chi connectivity index (χ1v) is 4.27. The van der Waals surface area contributed by atoms with E-state index in [-0.39, 0.29) is 24.6 Å². The molecule has 0 aromatic carbocycles. The summed E-state index contributed by atoms with van der Waals surface area (Å²) in [6, 6.07) is 0. The second kappa shape index (κ2) is 8.32. The summed E-state index contributed by atoms with van der Waals surface area (Å²) in [6.45, 7) is 3.75. The van der Waals surface area contributed by atoms with Crippen LogP contribution in [0.15, 0.2) is 29.6 Å². The van der Waals surface area contributed by atoms with E-state index in [1.807, 2.05) is 0 Å². The summed E-state index contributed by atoms with van der Waals surface area (Å²) >= 11 is 4.26. The molecule has 0 unspecified atom stereocenters. The molecule has 0 aliphatic rings. The zero-order valence-electron chi connectivity index (χ0n) is 7.34. The third-order valence-electron chi connectivity index (χ3n) is 1.18. The number of carbonyl (C=O) groups is 1. The molecule has 0 aliphatic heterocycles. The molecule has 1 amide bonds. The number of hydrogen-bond donors (Lipinski definition) is 1. The summed E-state index contributed by atoms with van der Waals surface area (Å²) in [5, 5.41) is 4.64. The molecule has 14 heavy (non-hydrogen) atoms. The third kappa shape index (κ3) is 6.25. The number of nitrogens with zero attached hydrogens (tertiary/aromatic N) is 1. The standard InChI is InChI=1S/C8H10N2O3.Ni/c1-3-4-7(2)8(11)9-5-6-13-10-12;/h1,3-4H,2,5-6H2,(H,9,11);/b4-3-;. The van der Waals surface area contributed by atoms with E-state index in [0.717, 1.165) is 0 Å². The number of nitrogens with one attached hydrogen (secondary N) is 1. The Kier molecular flexibility index (Phi) is 7.55. The molecule has 1 N–H and O–H groups in total. The summed E-state index contributed by atoms with van der Waals surface area (Å²) < 4.78 is 0. The zero-order chi connectivity index (χ0) is 10.8. The van der Waals surface area contributed by atoms with E-state index < -0.39 is 0 Å². The zero-order valence-corrected chi connectivity index (χ0v) is 8.33. The van der Waals surface area contributed by atoms with Crippen LogP contribution in [-0.2, 0) is 24.7 Å². The van der Waals surface area contributed by atoms with E-state index in [2.05, 4.69) is 37.1 Å². The third-order valence-corrected chi connectivity index (χ3v) is 1.37. The fourth-order valence-corrected chi connectivity index (χ4v) is 0.678. The van der Waals surface area contributed by atoms with Crippen molar-refractivity contribution in [3.8, 4) is 0 Å². The van der Waals surface area contributed by atoms with E-state index in [9.17, 15) is 9.70 Å². The molecule has 0 aromatic rings. The van der Waals surface area contributed by atoms with Gasteiger partial charge in [0, 0.05) is 0 Å². The predicted octanol–water partition coefficient (Wildman–Crippen LogP) is 0.262. The number of rotatable bonds is 7. The van der Waals surface area contributed by atoms with Gasteiger partial charge < -0.3 is 0 Å². The summed E-state index contributed by atoms with van der Waals surface area (Å²) in [7, 11) is 0. The minimum absolute atomic E-state index is 0.0431. The van der Waals surface area contributed by atoms with Gasteiger partial charge in [-0.2, -0.15) is 0 Å². The topological polar surface area (TPSA) is 67.8 Å². The monoisotopic (exact) mass is 240 g/mol. The van der Waals surface area contributed by atoms with Gasteiger partial charge in [-0.25, -0.2) is 0 Å². The Morgan fingerprint density at radius 2 is 2.36 bits per heavy atom. The van der Waals surface area contributed by atoms with Gasteiger partial charge in [0.05, 0.1) is 0 Å². The molecule has 0 rings (SSSR count). The van der Waals surface area contributed by atoms with Gasteiger partial charge in [-0.3, -0.25) is 0 Å². The van der Waals surface area contributed by atoms with Gasteiger partial charge in [-0.05, 0) is 0 Å². The van der Waals surface area contributed by atoms with E-state index in [1.54, 1.807) is 6.08 Å². The van der Waals surface area contributed by atoms with Gasteiger partial charge in [-0.1, -0.05) is 0 Å². The second-order valence-corrected chi connectivity index (χ2v) is 2.48. The average Bonchev–Trinajstić information content (AvgIpc) is 2.20. The van der Waals surface area contributed by atoms with Crippen LogP contribution < -0.4 is 5.32 Å². The Bertz CT molecular complexity index is 263. The number of hydrogen-bond acceptors (Lipinski definition) is 4. The molecule has 0 aliphatic carbocycles. The first-order valence-electron chi connectivity index (χ1n) is 3.70. The molecule has 6 heteroatoms. The van der Waals surface area contributed by atoms with E-state index in [0.29, 0.717) is 0 Å². The molecule has 0 atom stereocenters. The molecule has 0 aromatic heterocycles. The van der Waals surface area contributed by atoms with Crippen molar-refractivity contribution < 1.29 is 24.7 Å². The van der Waals surface area contributed by atoms with Gasteiger partial charge in [-0.15, -0.1) is 0 Å². The number of amides is 1. The number of carbonyl (C=O) groups excluding carboxylic acids is 1. The van der Waals surface area contributed by atoms with E-state index >= 15 is 0 Å². The maximum atomic E-state index is 11.1. The van der Waals surface area contributed by atoms with Crippen LogP contribution in [0.25, 0.3) is 0 Å². The van der Waals surface area contributed by atoms with Gasteiger partial charge in [0.1, 0.15) is 0 Å². The van der Waals surface area contributed by atoms with Crippen LogP contribution in [-0.4, -0.2) is 24.1 Å². The van der Waals surface area contributed by atoms with Crippen molar-refractivity contribution in [3.63, 3.8) is 0 Å².